The molecular formula is C16H21FN4O. The predicted octanol–water partition coefficient (Wildman–Crippen LogP) is 2.64. The summed E-state index contributed by atoms with van der Waals surface area (Å²) < 4.78 is 13.1. The summed E-state index contributed by atoms with van der Waals surface area (Å²) in [6.45, 7) is 8.61. The smallest absolute Gasteiger partial charge is 0.319 e. The number of hydrogen-bond donors (Lipinski definition) is 1. The number of hydrogen-bond acceptors (Lipinski definition) is 3. The van der Waals surface area contributed by atoms with E-state index in [0.29, 0.717) is 12.2 Å². The van der Waals surface area contributed by atoms with E-state index in [1.165, 1.54) is 12.1 Å². The SMILES string of the molecule is CCN1CC(C)N(C(=O)Nc2ccc(F)cc2C#N)CC1C. The maximum absolute atomic E-state index is 13.1. The number of urea groups is 1. The summed E-state index contributed by atoms with van der Waals surface area (Å²) in [6, 6.07) is 5.79. The van der Waals surface area contributed by atoms with Crippen molar-refractivity contribution in [3.05, 3.63) is 29.6 Å². The van der Waals surface area contributed by atoms with Gasteiger partial charge in [-0.05, 0) is 38.6 Å². The standard InChI is InChI=1S/C16H21FN4O/c1-4-20-9-12(3)21(10-11(20)2)16(22)19-15-6-5-14(17)7-13(15)8-18/h5-7,11-12H,4,9-10H2,1-3H3,(H,19,22). The number of nitrogens with one attached hydrogen (secondary N) is 1. The fraction of sp³-hybridized carbons (Fsp3) is 0.500. The van der Waals surface area contributed by atoms with Gasteiger partial charge in [0.15, 0.2) is 0 Å². The van der Waals surface area contributed by atoms with Crippen LogP contribution in [0.15, 0.2) is 18.2 Å². The number of benzene rings is 1. The lowest BCUT2D eigenvalue weighted by Gasteiger charge is -2.43. The van der Waals surface area contributed by atoms with Gasteiger partial charge in [0.05, 0.1) is 11.3 Å². The van der Waals surface area contributed by atoms with Crippen molar-refractivity contribution in [2.75, 3.05) is 25.0 Å². The zero-order chi connectivity index (χ0) is 16.3. The van der Waals surface area contributed by atoms with Gasteiger partial charge in [-0.3, -0.25) is 4.90 Å². The summed E-state index contributed by atoms with van der Waals surface area (Å²) in [5.74, 6) is -0.493. The lowest BCUT2D eigenvalue weighted by molar-refractivity contribution is 0.0720. The third-order valence-corrected chi connectivity index (χ3v) is 4.13. The van der Waals surface area contributed by atoms with Gasteiger partial charge >= 0.3 is 6.03 Å². The van der Waals surface area contributed by atoms with E-state index in [1.54, 1.807) is 4.90 Å². The molecule has 1 aromatic rings. The Labute approximate surface area is 130 Å². The van der Waals surface area contributed by atoms with Crippen molar-refractivity contribution in [3.63, 3.8) is 0 Å². The zero-order valence-electron chi connectivity index (χ0n) is 13.1. The highest BCUT2D eigenvalue weighted by molar-refractivity contribution is 5.91. The van der Waals surface area contributed by atoms with Gasteiger partial charge in [0.2, 0.25) is 0 Å². The van der Waals surface area contributed by atoms with Crippen molar-refractivity contribution in [1.82, 2.24) is 9.80 Å². The number of amides is 2. The van der Waals surface area contributed by atoms with E-state index in [2.05, 4.69) is 24.1 Å². The van der Waals surface area contributed by atoms with Crippen molar-refractivity contribution < 1.29 is 9.18 Å². The van der Waals surface area contributed by atoms with Crippen LogP contribution < -0.4 is 5.32 Å². The first-order valence-electron chi connectivity index (χ1n) is 7.47. The first-order valence-corrected chi connectivity index (χ1v) is 7.47. The molecule has 6 heteroatoms. The molecule has 1 fully saturated rings. The van der Waals surface area contributed by atoms with Crippen molar-refractivity contribution in [2.24, 2.45) is 0 Å². The van der Waals surface area contributed by atoms with E-state index in [9.17, 15) is 9.18 Å². The molecule has 1 aliphatic heterocycles. The van der Waals surface area contributed by atoms with Crippen LogP contribution in [0, 0.1) is 17.1 Å². The molecule has 0 spiro atoms. The number of likely N-dealkylation sites (N-methyl/N-ethyl adjacent to an activating group) is 1. The number of carbonyl (C=O) groups is 1. The summed E-state index contributed by atoms with van der Waals surface area (Å²) in [6.07, 6.45) is 0. The van der Waals surface area contributed by atoms with Crippen LogP contribution in [0.5, 0.6) is 0 Å². The van der Waals surface area contributed by atoms with Gasteiger partial charge in [0.25, 0.3) is 0 Å². The normalized spacial score (nSPS) is 22.2. The molecule has 2 atom stereocenters. The molecule has 2 rings (SSSR count). The first-order chi connectivity index (χ1) is 10.5. The van der Waals surface area contributed by atoms with Gasteiger partial charge in [-0.25, -0.2) is 9.18 Å². The quantitative estimate of drug-likeness (QED) is 0.913. The molecule has 22 heavy (non-hydrogen) atoms. The number of anilines is 1. The molecule has 2 amide bonds. The molecule has 1 heterocycles. The molecule has 5 nitrogen and oxygen atoms in total. The Balaban J connectivity index is 2.11. The highest BCUT2D eigenvalue weighted by Gasteiger charge is 2.31. The minimum Gasteiger partial charge on any atom is -0.319 e. The van der Waals surface area contributed by atoms with Gasteiger partial charge in [-0.2, -0.15) is 5.26 Å². The van der Waals surface area contributed by atoms with Crippen LogP contribution in [0.25, 0.3) is 0 Å². The van der Waals surface area contributed by atoms with Crippen molar-refractivity contribution in [3.8, 4) is 6.07 Å². The average Bonchev–Trinajstić information content (AvgIpc) is 2.50. The molecule has 1 N–H and O–H groups in total. The molecular weight excluding hydrogens is 283 g/mol. The summed E-state index contributed by atoms with van der Waals surface area (Å²) in [4.78, 5) is 16.6. The predicted molar refractivity (Wildman–Crippen MR) is 83.0 cm³/mol. The Kier molecular flexibility index (Phi) is 4.99. The second kappa shape index (κ2) is 6.75. The molecule has 2 unspecified atom stereocenters. The van der Waals surface area contributed by atoms with Crippen LogP contribution in [0.2, 0.25) is 0 Å². The Morgan fingerprint density at radius 2 is 2.14 bits per heavy atom. The van der Waals surface area contributed by atoms with Crippen molar-refractivity contribution in [2.45, 2.75) is 32.9 Å². The van der Waals surface area contributed by atoms with Gasteiger partial charge in [0, 0.05) is 25.2 Å². The van der Waals surface area contributed by atoms with E-state index in [4.69, 9.17) is 5.26 Å². The minimum absolute atomic E-state index is 0.0853. The van der Waals surface area contributed by atoms with Gasteiger partial charge in [-0.1, -0.05) is 6.92 Å². The summed E-state index contributed by atoms with van der Waals surface area (Å²) in [7, 11) is 0. The lowest BCUT2D eigenvalue weighted by Crippen LogP contribution is -2.58. The molecule has 0 saturated carbocycles. The molecule has 118 valence electrons. The number of nitrogens with zero attached hydrogens (tertiary/aromatic N) is 3. The van der Waals surface area contributed by atoms with E-state index >= 15 is 0 Å². The van der Waals surface area contributed by atoms with Crippen LogP contribution in [-0.4, -0.2) is 47.5 Å². The monoisotopic (exact) mass is 304 g/mol. The highest BCUT2D eigenvalue weighted by atomic mass is 19.1. The van der Waals surface area contributed by atoms with Gasteiger partial charge < -0.3 is 10.2 Å². The molecule has 0 aliphatic carbocycles. The van der Waals surface area contributed by atoms with E-state index in [0.717, 1.165) is 19.2 Å². The fourth-order valence-corrected chi connectivity index (χ4v) is 2.83. The molecule has 1 saturated heterocycles. The number of nitriles is 1. The molecule has 1 aliphatic rings. The molecule has 1 aromatic carbocycles. The third-order valence-electron chi connectivity index (χ3n) is 4.13. The van der Waals surface area contributed by atoms with E-state index in [-0.39, 0.29) is 23.7 Å². The van der Waals surface area contributed by atoms with Gasteiger partial charge in [-0.15, -0.1) is 0 Å². The maximum atomic E-state index is 13.1. The number of halogens is 1. The molecule has 0 radical (unpaired) electrons. The summed E-state index contributed by atoms with van der Waals surface area (Å²) in [5.41, 5.74) is 0.466. The van der Waals surface area contributed by atoms with Crippen LogP contribution in [0.3, 0.4) is 0 Å². The Morgan fingerprint density at radius 3 is 2.77 bits per heavy atom. The van der Waals surface area contributed by atoms with E-state index < -0.39 is 5.82 Å². The lowest BCUT2D eigenvalue weighted by atomic mass is 10.1. The van der Waals surface area contributed by atoms with Crippen LogP contribution in [0.1, 0.15) is 26.3 Å². The second-order valence-electron chi connectivity index (χ2n) is 5.67. The topological polar surface area (TPSA) is 59.4 Å². The Bertz CT molecular complexity index is 598. The van der Waals surface area contributed by atoms with Crippen molar-refractivity contribution in [1.29, 1.82) is 5.26 Å². The van der Waals surface area contributed by atoms with Crippen LogP contribution in [0.4, 0.5) is 14.9 Å². The van der Waals surface area contributed by atoms with E-state index in [1.807, 2.05) is 13.0 Å². The number of rotatable bonds is 2. The summed E-state index contributed by atoms with van der Waals surface area (Å²) >= 11 is 0. The molecule has 0 bridgehead atoms. The maximum Gasteiger partial charge on any atom is 0.322 e. The number of carbonyl (C=O) groups excluding carboxylic acids is 1. The second-order valence-corrected chi connectivity index (χ2v) is 5.67. The van der Waals surface area contributed by atoms with Crippen LogP contribution in [-0.2, 0) is 0 Å². The largest absolute Gasteiger partial charge is 0.322 e. The first kappa shape index (κ1) is 16.2. The van der Waals surface area contributed by atoms with Crippen LogP contribution >= 0.6 is 0 Å². The molecule has 0 aromatic heterocycles. The van der Waals surface area contributed by atoms with Gasteiger partial charge in [0.1, 0.15) is 11.9 Å². The van der Waals surface area contributed by atoms with Crippen molar-refractivity contribution >= 4 is 11.7 Å². The minimum atomic E-state index is -0.493. The average molecular weight is 304 g/mol. The highest BCUT2D eigenvalue weighted by Crippen LogP contribution is 2.19. The third kappa shape index (κ3) is 3.37. The Morgan fingerprint density at radius 1 is 1.41 bits per heavy atom. The zero-order valence-corrected chi connectivity index (χ0v) is 13.1. The number of piperazine rings is 1. The fourth-order valence-electron chi connectivity index (χ4n) is 2.83. The Hall–Kier alpha value is -2.13. The summed E-state index contributed by atoms with van der Waals surface area (Å²) in [5, 5.41) is 11.8.